The third kappa shape index (κ3) is 20.1. The van der Waals surface area contributed by atoms with Gasteiger partial charge < -0.3 is 28.4 Å². The summed E-state index contributed by atoms with van der Waals surface area (Å²) in [5.74, 6) is -0.317. The second kappa shape index (κ2) is 31.4. The van der Waals surface area contributed by atoms with Gasteiger partial charge in [-0.15, -0.1) is 0 Å². The van der Waals surface area contributed by atoms with Gasteiger partial charge >= 0.3 is 23.9 Å². The molecule has 70 heavy (non-hydrogen) atoms. The largest absolute Gasteiger partial charge is 0.494 e. The molecule has 5 aromatic rings. The minimum Gasteiger partial charge on any atom is -0.494 e. The summed E-state index contributed by atoms with van der Waals surface area (Å²) in [5, 5.41) is 0. The minimum absolute atomic E-state index is 0.118. The summed E-state index contributed by atoms with van der Waals surface area (Å²) >= 11 is 0. The molecule has 0 atom stereocenters. The highest BCUT2D eigenvalue weighted by atomic mass is 16.6. The fraction of sp³-hybridized carbons (Fsp3) is 0.400. The molecule has 0 saturated heterocycles. The van der Waals surface area contributed by atoms with Gasteiger partial charge in [-0.2, -0.15) is 0 Å². The second-order valence-electron chi connectivity index (χ2n) is 17.7. The van der Waals surface area contributed by atoms with Crippen LogP contribution in [0.15, 0.2) is 122 Å². The van der Waals surface area contributed by atoms with Crippen LogP contribution in [0, 0.1) is 0 Å². The zero-order chi connectivity index (χ0) is 49.6. The van der Waals surface area contributed by atoms with E-state index < -0.39 is 23.9 Å². The van der Waals surface area contributed by atoms with Crippen molar-refractivity contribution in [1.29, 1.82) is 0 Å². The normalized spacial score (nSPS) is 10.8. The summed E-state index contributed by atoms with van der Waals surface area (Å²) in [4.78, 5) is 52.0. The van der Waals surface area contributed by atoms with Crippen LogP contribution in [-0.2, 0) is 0 Å². The zero-order valence-electron chi connectivity index (χ0n) is 41.4. The highest BCUT2D eigenvalue weighted by Crippen LogP contribution is 2.27. The van der Waals surface area contributed by atoms with Crippen LogP contribution in [0.1, 0.15) is 189 Å². The Labute approximate surface area is 415 Å². The maximum absolute atomic E-state index is 13.2. The average molecular weight is 953 g/mol. The molecule has 0 aliphatic carbocycles. The Balaban J connectivity index is 1.01. The third-order valence-electron chi connectivity index (χ3n) is 11.9. The van der Waals surface area contributed by atoms with E-state index >= 15 is 0 Å². The number of carbonyl (C=O) groups is 4. The highest BCUT2D eigenvalue weighted by Gasteiger charge is 2.16. The van der Waals surface area contributed by atoms with Crippen molar-refractivity contribution < 1.29 is 47.6 Å². The molecule has 0 aliphatic rings. The van der Waals surface area contributed by atoms with Crippen LogP contribution >= 0.6 is 0 Å². The summed E-state index contributed by atoms with van der Waals surface area (Å²) in [5.41, 5.74) is 1.67. The van der Waals surface area contributed by atoms with E-state index in [0.717, 1.165) is 25.7 Å². The van der Waals surface area contributed by atoms with Crippen molar-refractivity contribution in [3.05, 3.63) is 150 Å². The monoisotopic (exact) mass is 953 g/mol. The molecular formula is C60H72O10. The van der Waals surface area contributed by atoms with Crippen LogP contribution in [0.4, 0.5) is 0 Å². The van der Waals surface area contributed by atoms with E-state index in [-0.39, 0.29) is 34.1 Å². The minimum atomic E-state index is -0.682. The van der Waals surface area contributed by atoms with E-state index in [1.54, 1.807) is 60.7 Å². The molecule has 0 amide bonds. The second-order valence-corrected chi connectivity index (χ2v) is 17.7. The Morgan fingerprint density at radius 2 is 0.600 bits per heavy atom. The number of esters is 4. The Hall–Kier alpha value is -6.68. The molecule has 5 rings (SSSR count). The van der Waals surface area contributed by atoms with Gasteiger partial charge in [0, 0.05) is 6.07 Å². The van der Waals surface area contributed by atoms with Gasteiger partial charge in [0.15, 0.2) is 0 Å². The lowest BCUT2D eigenvalue weighted by molar-refractivity contribution is 0.0723. The van der Waals surface area contributed by atoms with E-state index in [4.69, 9.17) is 28.4 Å². The number of rotatable bonds is 33. The van der Waals surface area contributed by atoms with Crippen molar-refractivity contribution in [3.8, 4) is 34.5 Å². The molecule has 0 spiro atoms. The van der Waals surface area contributed by atoms with Crippen LogP contribution in [-0.4, -0.2) is 37.1 Å². The zero-order valence-corrected chi connectivity index (χ0v) is 41.4. The van der Waals surface area contributed by atoms with Gasteiger partial charge in [0.25, 0.3) is 0 Å². The Morgan fingerprint density at radius 1 is 0.343 bits per heavy atom. The Kier molecular flexibility index (Phi) is 24.4. The molecule has 10 nitrogen and oxygen atoms in total. The lowest BCUT2D eigenvalue weighted by Crippen LogP contribution is -2.11. The lowest BCUT2D eigenvalue weighted by atomic mass is 10.1. The molecule has 10 heteroatoms. The SMILES string of the molecule is C=Cc1cc(OC(=O)c2ccc(OC(=O)c3ccc(OCCCCCCCCCCCC)cc3)cc2)cc(OC(=O)c2ccc(OC(=O)c3ccc(OCCCCCCCCCCCC)cc3)cc2)c1. The fourth-order valence-electron chi connectivity index (χ4n) is 7.74. The molecule has 5 aromatic carbocycles. The van der Waals surface area contributed by atoms with Crippen LogP contribution < -0.4 is 28.4 Å². The number of ether oxygens (including phenoxy) is 6. The van der Waals surface area contributed by atoms with Crippen molar-refractivity contribution in [2.75, 3.05) is 13.2 Å². The number of hydrogen-bond acceptors (Lipinski definition) is 10. The Bertz CT molecular complexity index is 2170. The summed E-state index contributed by atoms with van der Waals surface area (Å²) in [6.07, 6.45) is 26.7. The Morgan fingerprint density at radius 3 is 0.886 bits per heavy atom. The lowest BCUT2D eigenvalue weighted by Gasteiger charge is -2.10. The first kappa shape index (κ1) is 54.3. The van der Waals surface area contributed by atoms with Gasteiger partial charge in [0.05, 0.1) is 35.5 Å². The van der Waals surface area contributed by atoms with Gasteiger partial charge in [-0.3, -0.25) is 0 Å². The van der Waals surface area contributed by atoms with Crippen LogP contribution in [0.2, 0.25) is 0 Å². The topological polar surface area (TPSA) is 124 Å². The third-order valence-corrected chi connectivity index (χ3v) is 11.9. The number of hydrogen-bond donors (Lipinski definition) is 0. The predicted octanol–water partition coefficient (Wildman–Crippen LogP) is 15.8. The molecule has 0 aromatic heterocycles. The molecule has 0 N–H and O–H groups in total. The fourth-order valence-corrected chi connectivity index (χ4v) is 7.74. The van der Waals surface area contributed by atoms with Crippen LogP contribution in [0.3, 0.4) is 0 Å². The molecule has 372 valence electrons. The molecule has 0 aliphatic heterocycles. The molecule has 0 fully saturated rings. The maximum Gasteiger partial charge on any atom is 0.343 e. The average Bonchev–Trinajstić information content (AvgIpc) is 3.37. The van der Waals surface area contributed by atoms with Gasteiger partial charge in [-0.25, -0.2) is 19.2 Å². The van der Waals surface area contributed by atoms with Gasteiger partial charge in [-0.05, 0) is 128 Å². The molecule has 0 radical (unpaired) electrons. The highest BCUT2D eigenvalue weighted by molar-refractivity contribution is 5.94. The van der Waals surface area contributed by atoms with Gasteiger partial charge in [-0.1, -0.05) is 142 Å². The summed E-state index contributed by atoms with van der Waals surface area (Å²) < 4.78 is 34.1. The van der Waals surface area contributed by atoms with E-state index in [1.165, 1.54) is 163 Å². The molecule has 0 saturated carbocycles. The van der Waals surface area contributed by atoms with Crippen LogP contribution in [0.25, 0.3) is 6.08 Å². The molecule has 0 heterocycles. The van der Waals surface area contributed by atoms with Crippen molar-refractivity contribution in [2.45, 2.75) is 142 Å². The summed E-state index contributed by atoms with van der Waals surface area (Å²) in [7, 11) is 0. The number of carbonyl (C=O) groups excluding carboxylic acids is 4. The first-order valence-corrected chi connectivity index (χ1v) is 25.6. The van der Waals surface area contributed by atoms with E-state index in [9.17, 15) is 19.2 Å². The first-order chi connectivity index (χ1) is 34.2. The smallest absolute Gasteiger partial charge is 0.343 e. The number of unbranched alkanes of at least 4 members (excludes halogenated alkanes) is 18. The standard InChI is InChI=1S/C60H72O10/c1-4-7-9-11-13-15-17-19-21-23-41-65-51-33-25-47(26-34-51)57(61)67-53-37-29-49(30-38-53)59(63)69-55-43-46(6-3)44-56(45-55)70-60(64)50-31-39-54(40-32-50)68-58(62)48-27-35-52(36-28-48)66-42-24-22-20-18-16-14-12-10-8-5-2/h6,25-40,43-45H,3-5,7-24,41-42H2,1-2H3. The number of benzene rings is 5. The van der Waals surface area contributed by atoms with E-state index in [1.807, 2.05) is 0 Å². The van der Waals surface area contributed by atoms with Gasteiger partial charge in [0.1, 0.15) is 34.5 Å². The first-order valence-electron chi connectivity index (χ1n) is 25.6. The van der Waals surface area contributed by atoms with Gasteiger partial charge in [0.2, 0.25) is 0 Å². The molecule has 0 bridgehead atoms. The molecule has 0 unspecified atom stereocenters. The summed E-state index contributed by atoms with van der Waals surface area (Å²) in [6.45, 7) is 9.55. The maximum atomic E-state index is 13.2. The van der Waals surface area contributed by atoms with Crippen LogP contribution in [0.5, 0.6) is 34.5 Å². The van der Waals surface area contributed by atoms with Crippen molar-refractivity contribution >= 4 is 30.0 Å². The predicted molar refractivity (Wildman–Crippen MR) is 277 cm³/mol. The summed E-state index contributed by atoms with van der Waals surface area (Å²) in [6, 6.07) is 30.2. The van der Waals surface area contributed by atoms with E-state index in [2.05, 4.69) is 20.4 Å². The van der Waals surface area contributed by atoms with Crippen molar-refractivity contribution in [1.82, 2.24) is 0 Å². The quantitative estimate of drug-likeness (QED) is 0.0228. The van der Waals surface area contributed by atoms with E-state index in [0.29, 0.717) is 41.4 Å². The molecular weight excluding hydrogens is 881 g/mol. The van der Waals surface area contributed by atoms with Crippen molar-refractivity contribution in [3.63, 3.8) is 0 Å². The van der Waals surface area contributed by atoms with Crippen molar-refractivity contribution in [2.24, 2.45) is 0 Å².